The van der Waals surface area contributed by atoms with E-state index in [2.05, 4.69) is 9.97 Å². The van der Waals surface area contributed by atoms with Crippen LogP contribution in [0.4, 0.5) is 5.69 Å². The molecule has 21 heavy (non-hydrogen) atoms. The lowest BCUT2D eigenvalue weighted by Crippen LogP contribution is -2.10. The molecule has 0 spiro atoms. The monoisotopic (exact) mass is 305 g/mol. The third-order valence-electron chi connectivity index (χ3n) is 2.84. The summed E-state index contributed by atoms with van der Waals surface area (Å²) in [5.41, 5.74) is 1.27. The smallest absolute Gasteiger partial charge is 0.341 e. The molecule has 0 saturated carbocycles. The minimum Gasteiger partial charge on any atom is -0.465 e. The highest BCUT2D eigenvalue weighted by Gasteiger charge is 2.20. The number of benzene rings is 1. The second-order valence-electron chi connectivity index (χ2n) is 4.19. The molecule has 0 unspecified atom stereocenters. The fourth-order valence-electron chi connectivity index (χ4n) is 1.91. The van der Waals surface area contributed by atoms with E-state index in [1.165, 1.54) is 25.3 Å². The number of nitro groups is 1. The lowest BCUT2D eigenvalue weighted by atomic mass is 10.0. The topological polar surface area (TPSA) is 98.1 Å². The van der Waals surface area contributed by atoms with Gasteiger partial charge in [-0.25, -0.2) is 9.78 Å². The van der Waals surface area contributed by atoms with E-state index in [4.69, 9.17) is 17.0 Å². The molecule has 0 saturated heterocycles. The Morgan fingerprint density at radius 1 is 1.48 bits per heavy atom. The molecule has 7 nitrogen and oxygen atoms in total. The maximum atomic E-state index is 11.9. The van der Waals surface area contributed by atoms with Crippen molar-refractivity contribution in [1.82, 2.24) is 9.97 Å². The van der Waals surface area contributed by atoms with Crippen LogP contribution >= 0.6 is 12.2 Å². The highest BCUT2D eigenvalue weighted by atomic mass is 32.1. The Balaban J connectivity index is 2.73. The number of aromatic amines is 1. The molecule has 0 radical (unpaired) electrons. The number of carbonyl (C=O) groups is 1. The van der Waals surface area contributed by atoms with E-state index < -0.39 is 10.9 Å². The van der Waals surface area contributed by atoms with Gasteiger partial charge in [0.05, 0.1) is 17.7 Å². The third-order valence-corrected chi connectivity index (χ3v) is 3.03. The number of methoxy groups -OCH3 is 1. The molecule has 0 bridgehead atoms. The molecule has 1 N–H and O–H groups in total. The lowest BCUT2D eigenvalue weighted by Gasteiger charge is -2.10. The van der Waals surface area contributed by atoms with Crippen LogP contribution in [0.1, 0.15) is 16.1 Å². The predicted octanol–water partition coefficient (Wildman–Crippen LogP) is 2.81. The van der Waals surface area contributed by atoms with Crippen LogP contribution in [0.25, 0.3) is 11.3 Å². The van der Waals surface area contributed by atoms with Crippen molar-refractivity contribution in [3.05, 3.63) is 50.4 Å². The summed E-state index contributed by atoms with van der Waals surface area (Å²) in [6, 6.07) is 5.84. The molecule has 0 amide bonds. The Kier molecular flexibility index (Phi) is 4.08. The van der Waals surface area contributed by atoms with Crippen LogP contribution in [0.3, 0.4) is 0 Å². The van der Waals surface area contributed by atoms with Crippen molar-refractivity contribution < 1.29 is 14.5 Å². The first-order chi connectivity index (χ1) is 9.93. The standard InChI is InChI=1S/C13H11N3O4S/c1-7-10(12(17)20-2)11(15-13(21)14-7)8-4-3-5-9(6-8)16(18)19/h3-6H,1-2H3,(H,14,15,21). The molecule has 8 heteroatoms. The van der Waals surface area contributed by atoms with Crippen LogP contribution in [-0.2, 0) is 4.74 Å². The lowest BCUT2D eigenvalue weighted by molar-refractivity contribution is -0.384. The average molecular weight is 305 g/mol. The zero-order valence-electron chi connectivity index (χ0n) is 11.2. The number of hydrogen-bond donors (Lipinski definition) is 1. The number of non-ortho nitro benzene ring substituents is 1. The molecule has 108 valence electrons. The fourth-order valence-corrected chi connectivity index (χ4v) is 2.16. The largest absolute Gasteiger partial charge is 0.465 e. The van der Waals surface area contributed by atoms with E-state index in [1.807, 2.05) is 0 Å². The second kappa shape index (κ2) is 5.80. The number of aryl methyl sites for hydroxylation is 1. The number of nitrogens with one attached hydrogen (secondary N) is 1. The molecular weight excluding hydrogens is 294 g/mol. The molecule has 1 heterocycles. The van der Waals surface area contributed by atoms with E-state index in [0.29, 0.717) is 11.3 Å². The second-order valence-corrected chi connectivity index (χ2v) is 4.58. The molecule has 1 aromatic carbocycles. The molecule has 1 aromatic heterocycles. The first-order valence-corrected chi connectivity index (χ1v) is 6.29. The van der Waals surface area contributed by atoms with Gasteiger partial charge < -0.3 is 9.72 Å². The summed E-state index contributed by atoms with van der Waals surface area (Å²) in [6.45, 7) is 1.66. The Morgan fingerprint density at radius 2 is 2.19 bits per heavy atom. The van der Waals surface area contributed by atoms with Crippen molar-refractivity contribution in [2.24, 2.45) is 0 Å². The molecule has 0 aliphatic carbocycles. The Morgan fingerprint density at radius 3 is 2.81 bits per heavy atom. The van der Waals surface area contributed by atoms with E-state index in [-0.39, 0.29) is 21.7 Å². The molecule has 0 fully saturated rings. The van der Waals surface area contributed by atoms with Crippen LogP contribution in [-0.4, -0.2) is 28.0 Å². The number of esters is 1. The van der Waals surface area contributed by atoms with Crippen LogP contribution in [0, 0.1) is 21.8 Å². The van der Waals surface area contributed by atoms with E-state index in [0.717, 1.165) is 0 Å². The van der Waals surface area contributed by atoms with Gasteiger partial charge in [0.1, 0.15) is 5.56 Å². The van der Waals surface area contributed by atoms with Gasteiger partial charge in [-0.05, 0) is 19.1 Å². The van der Waals surface area contributed by atoms with Gasteiger partial charge in [0.15, 0.2) is 4.77 Å². The normalized spacial score (nSPS) is 10.2. The summed E-state index contributed by atoms with van der Waals surface area (Å²) in [5, 5.41) is 10.9. The number of rotatable bonds is 3. The minimum atomic E-state index is -0.590. The molecule has 0 atom stereocenters. The third kappa shape index (κ3) is 2.95. The van der Waals surface area contributed by atoms with Gasteiger partial charge in [-0.15, -0.1) is 0 Å². The summed E-state index contributed by atoms with van der Waals surface area (Å²) in [6.07, 6.45) is 0. The first-order valence-electron chi connectivity index (χ1n) is 5.88. The highest BCUT2D eigenvalue weighted by molar-refractivity contribution is 7.71. The minimum absolute atomic E-state index is 0.0958. The van der Waals surface area contributed by atoms with Gasteiger partial charge in [-0.2, -0.15) is 0 Å². The van der Waals surface area contributed by atoms with Crippen LogP contribution < -0.4 is 0 Å². The van der Waals surface area contributed by atoms with Gasteiger partial charge in [-0.3, -0.25) is 10.1 Å². The molecule has 2 aromatic rings. The summed E-state index contributed by atoms with van der Waals surface area (Å²) in [7, 11) is 1.25. The van der Waals surface area contributed by atoms with Crippen LogP contribution in [0.15, 0.2) is 24.3 Å². The van der Waals surface area contributed by atoms with Crippen LogP contribution in [0.5, 0.6) is 0 Å². The molecular formula is C13H11N3O4S. The predicted molar refractivity (Wildman–Crippen MR) is 77.6 cm³/mol. The number of ether oxygens (including phenoxy) is 1. The van der Waals surface area contributed by atoms with Gasteiger partial charge >= 0.3 is 5.97 Å². The Bertz CT molecular complexity index is 785. The maximum absolute atomic E-state index is 11.9. The Labute approximate surface area is 124 Å². The summed E-state index contributed by atoms with van der Waals surface area (Å²) in [5.74, 6) is -0.590. The quantitative estimate of drug-likeness (QED) is 0.405. The molecule has 2 rings (SSSR count). The number of carbonyl (C=O) groups excluding carboxylic acids is 1. The van der Waals surface area contributed by atoms with E-state index in [1.54, 1.807) is 13.0 Å². The van der Waals surface area contributed by atoms with Crippen molar-refractivity contribution in [2.45, 2.75) is 6.92 Å². The summed E-state index contributed by atoms with van der Waals surface area (Å²) < 4.78 is 4.91. The molecule has 0 aliphatic heterocycles. The SMILES string of the molecule is COC(=O)c1c(-c2cccc([N+](=O)[O-])c2)nc(=S)[nH]c1C. The number of hydrogen-bond acceptors (Lipinski definition) is 6. The van der Waals surface area contributed by atoms with E-state index >= 15 is 0 Å². The van der Waals surface area contributed by atoms with Crippen molar-refractivity contribution in [3.8, 4) is 11.3 Å². The van der Waals surface area contributed by atoms with Gasteiger partial charge in [0, 0.05) is 23.4 Å². The van der Waals surface area contributed by atoms with Gasteiger partial charge in [0.2, 0.25) is 0 Å². The zero-order valence-corrected chi connectivity index (χ0v) is 12.1. The maximum Gasteiger partial charge on any atom is 0.341 e. The average Bonchev–Trinajstić information content (AvgIpc) is 2.45. The van der Waals surface area contributed by atoms with Gasteiger partial charge in [0.25, 0.3) is 5.69 Å². The Hall–Kier alpha value is -2.61. The summed E-state index contributed by atoms with van der Waals surface area (Å²) >= 11 is 5.00. The van der Waals surface area contributed by atoms with Crippen LogP contribution in [0.2, 0.25) is 0 Å². The number of nitrogens with zero attached hydrogens (tertiary/aromatic N) is 2. The van der Waals surface area contributed by atoms with Crippen molar-refractivity contribution in [3.63, 3.8) is 0 Å². The first kappa shape index (κ1) is 14.8. The zero-order chi connectivity index (χ0) is 15.6. The number of nitro benzene ring substituents is 1. The molecule has 0 aliphatic rings. The number of aromatic nitrogens is 2. The summed E-state index contributed by atoms with van der Waals surface area (Å²) in [4.78, 5) is 29.1. The van der Waals surface area contributed by atoms with Crippen molar-refractivity contribution >= 4 is 23.9 Å². The highest BCUT2D eigenvalue weighted by Crippen LogP contribution is 2.26. The number of H-pyrrole nitrogens is 1. The van der Waals surface area contributed by atoms with E-state index in [9.17, 15) is 14.9 Å². The fraction of sp³-hybridized carbons (Fsp3) is 0.154. The van der Waals surface area contributed by atoms with Crippen molar-refractivity contribution in [2.75, 3.05) is 7.11 Å². The van der Waals surface area contributed by atoms with Crippen molar-refractivity contribution in [1.29, 1.82) is 0 Å². The van der Waals surface area contributed by atoms with Gasteiger partial charge in [-0.1, -0.05) is 12.1 Å².